The third kappa shape index (κ3) is 3.65. The van der Waals surface area contributed by atoms with Crippen molar-refractivity contribution in [1.82, 2.24) is 25.4 Å². The van der Waals surface area contributed by atoms with Gasteiger partial charge < -0.3 is 5.32 Å². The summed E-state index contributed by atoms with van der Waals surface area (Å²) in [4.78, 5) is 20.0. The summed E-state index contributed by atoms with van der Waals surface area (Å²) >= 11 is 0. The van der Waals surface area contributed by atoms with Crippen LogP contribution in [0.5, 0.6) is 0 Å². The minimum Gasteiger partial charge on any atom is -0.348 e. The number of hydrogen-bond acceptors (Lipinski definition) is 4. The van der Waals surface area contributed by atoms with Gasteiger partial charge in [0.1, 0.15) is 0 Å². The van der Waals surface area contributed by atoms with Gasteiger partial charge in [-0.3, -0.25) is 19.8 Å². The number of pyridine rings is 1. The fraction of sp³-hybridized carbons (Fsp3) is 0.435. The van der Waals surface area contributed by atoms with Crippen molar-refractivity contribution in [3.63, 3.8) is 0 Å². The third-order valence-corrected chi connectivity index (χ3v) is 6.23. The van der Waals surface area contributed by atoms with E-state index in [2.05, 4.69) is 51.4 Å². The Hall–Kier alpha value is -2.73. The van der Waals surface area contributed by atoms with Crippen LogP contribution in [0.15, 0.2) is 36.8 Å². The number of aromatic nitrogens is 3. The largest absolute Gasteiger partial charge is 0.348 e. The Morgan fingerprint density at radius 1 is 1.14 bits per heavy atom. The molecule has 1 aromatic carbocycles. The molecule has 1 saturated carbocycles. The van der Waals surface area contributed by atoms with Gasteiger partial charge in [-0.05, 0) is 68.4 Å². The van der Waals surface area contributed by atoms with Crippen molar-refractivity contribution >= 4 is 16.8 Å². The molecule has 3 heterocycles. The zero-order valence-corrected chi connectivity index (χ0v) is 17.0. The van der Waals surface area contributed by atoms with Crippen LogP contribution in [-0.2, 0) is 0 Å². The predicted molar refractivity (Wildman–Crippen MR) is 114 cm³/mol. The number of nitrogens with zero attached hydrogens (tertiary/aromatic N) is 3. The highest BCUT2D eigenvalue weighted by atomic mass is 16.1. The minimum atomic E-state index is -0.0276. The van der Waals surface area contributed by atoms with Crippen LogP contribution in [-0.4, -0.2) is 51.2 Å². The fourth-order valence-corrected chi connectivity index (χ4v) is 4.30. The van der Waals surface area contributed by atoms with Crippen LogP contribution in [0.2, 0.25) is 0 Å². The maximum Gasteiger partial charge on any atom is 0.252 e. The first-order valence-electron chi connectivity index (χ1n) is 10.6. The number of aromatic amines is 1. The van der Waals surface area contributed by atoms with Crippen LogP contribution < -0.4 is 5.32 Å². The molecule has 0 spiro atoms. The number of rotatable bonds is 5. The van der Waals surface area contributed by atoms with Gasteiger partial charge in [-0.25, -0.2) is 0 Å². The van der Waals surface area contributed by atoms with Crippen molar-refractivity contribution in [2.45, 2.75) is 51.1 Å². The topological polar surface area (TPSA) is 73.9 Å². The van der Waals surface area contributed by atoms with Gasteiger partial charge in [-0.15, -0.1) is 0 Å². The lowest BCUT2D eigenvalue weighted by molar-refractivity contribution is 0.0938. The first-order chi connectivity index (χ1) is 14.1. The highest BCUT2D eigenvalue weighted by Crippen LogP contribution is 2.41. The molecular formula is C23H27N5O. The van der Waals surface area contributed by atoms with E-state index in [4.69, 9.17) is 0 Å². The molecule has 0 bridgehead atoms. The molecule has 1 aliphatic carbocycles. The van der Waals surface area contributed by atoms with Crippen molar-refractivity contribution in [3.8, 4) is 11.1 Å². The second kappa shape index (κ2) is 7.26. The number of likely N-dealkylation sites (tertiary alicyclic amines) is 1. The predicted octanol–water partition coefficient (Wildman–Crippen LogP) is 3.71. The number of carbonyl (C=O) groups is 1. The molecule has 0 radical (unpaired) electrons. The average Bonchev–Trinajstić information content (AvgIpc) is 3.28. The van der Waals surface area contributed by atoms with Gasteiger partial charge in [-0.1, -0.05) is 0 Å². The Morgan fingerprint density at radius 3 is 2.76 bits per heavy atom. The zero-order chi connectivity index (χ0) is 20.0. The third-order valence-electron chi connectivity index (χ3n) is 6.23. The lowest BCUT2D eigenvalue weighted by Crippen LogP contribution is -2.38. The SMILES string of the molecule is CC(C)N1CC[C@H](NC(=O)c2cc(-c3cncc(C4CC4)c3)cc3[nH]ncc23)C1. The molecule has 29 heavy (non-hydrogen) atoms. The molecule has 1 amide bonds. The number of hydrogen-bond donors (Lipinski definition) is 2. The Bertz CT molecular complexity index is 1050. The molecule has 2 fully saturated rings. The molecular weight excluding hydrogens is 362 g/mol. The van der Waals surface area contributed by atoms with Crippen LogP contribution >= 0.6 is 0 Å². The van der Waals surface area contributed by atoms with E-state index in [1.54, 1.807) is 6.20 Å². The molecule has 2 aromatic heterocycles. The van der Waals surface area contributed by atoms with Gasteiger partial charge in [-0.2, -0.15) is 5.10 Å². The van der Waals surface area contributed by atoms with E-state index < -0.39 is 0 Å². The average molecular weight is 390 g/mol. The monoisotopic (exact) mass is 389 g/mol. The van der Waals surface area contributed by atoms with E-state index in [9.17, 15) is 4.79 Å². The van der Waals surface area contributed by atoms with E-state index in [1.165, 1.54) is 18.4 Å². The highest BCUT2D eigenvalue weighted by molar-refractivity contribution is 6.07. The molecule has 1 saturated heterocycles. The Kier molecular flexibility index (Phi) is 4.59. The van der Waals surface area contributed by atoms with Crippen LogP contribution in [0.1, 0.15) is 54.9 Å². The van der Waals surface area contributed by atoms with Gasteiger partial charge in [0.15, 0.2) is 0 Å². The number of benzene rings is 1. The minimum absolute atomic E-state index is 0.0276. The Morgan fingerprint density at radius 2 is 2.00 bits per heavy atom. The van der Waals surface area contributed by atoms with Crippen LogP contribution in [0.25, 0.3) is 22.0 Å². The smallest absolute Gasteiger partial charge is 0.252 e. The van der Waals surface area contributed by atoms with Crippen molar-refractivity contribution in [3.05, 3.63) is 47.9 Å². The highest BCUT2D eigenvalue weighted by Gasteiger charge is 2.27. The number of H-pyrrole nitrogens is 1. The first kappa shape index (κ1) is 18.3. The molecule has 5 rings (SSSR count). The molecule has 3 aromatic rings. The Balaban J connectivity index is 1.45. The van der Waals surface area contributed by atoms with Gasteiger partial charge in [0, 0.05) is 48.5 Å². The van der Waals surface area contributed by atoms with Crippen LogP contribution in [0.3, 0.4) is 0 Å². The summed E-state index contributed by atoms with van der Waals surface area (Å²) in [6.07, 6.45) is 9.06. The molecule has 6 heteroatoms. The lowest BCUT2D eigenvalue weighted by atomic mass is 9.99. The lowest BCUT2D eigenvalue weighted by Gasteiger charge is -2.20. The van der Waals surface area contributed by atoms with Crippen molar-refractivity contribution < 1.29 is 4.79 Å². The van der Waals surface area contributed by atoms with Gasteiger partial charge in [0.25, 0.3) is 5.91 Å². The summed E-state index contributed by atoms with van der Waals surface area (Å²) in [6, 6.07) is 6.95. The van der Waals surface area contributed by atoms with Gasteiger partial charge in [0.2, 0.25) is 0 Å². The number of fused-ring (bicyclic) bond motifs is 1. The first-order valence-corrected chi connectivity index (χ1v) is 10.6. The standard InChI is InChI=1S/C23H27N5O/c1-14(2)28-6-5-19(13-28)26-23(29)20-8-16(9-22-21(20)12-25-27-22)18-7-17(10-24-11-18)15-3-4-15/h7-12,14-15,19H,3-6,13H2,1-2H3,(H,25,27)(H,26,29)/t19-/m0/s1. The van der Waals surface area contributed by atoms with E-state index in [0.717, 1.165) is 41.5 Å². The summed E-state index contributed by atoms with van der Waals surface area (Å²) in [5.41, 5.74) is 4.88. The Labute approximate surface area is 170 Å². The molecule has 1 atom stereocenters. The quantitative estimate of drug-likeness (QED) is 0.698. The molecule has 6 nitrogen and oxygen atoms in total. The van der Waals surface area contributed by atoms with Gasteiger partial charge >= 0.3 is 0 Å². The van der Waals surface area contributed by atoms with E-state index >= 15 is 0 Å². The summed E-state index contributed by atoms with van der Waals surface area (Å²) in [6.45, 7) is 6.34. The van der Waals surface area contributed by atoms with Crippen molar-refractivity contribution in [2.75, 3.05) is 13.1 Å². The number of amides is 1. The number of nitrogens with one attached hydrogen (secondary N) is 2. The summed E-state index contributed by atoms with van der Waals surface area (Å²) in [5, 5.41) is 11.3. The molecule has 1 aliphatic heterocycles. The van der Waals surface area contributed by atoms with Crippen molar-refractivity contribution in [1.29, 1.82) is 0 Å². The maximum atomic E-state index is 13.2. The second-order valence-electron chi connectivity index (χ2n) is 8.68. The summed E-state index contributed by atoms with van der Waals surface area (Å²) < 4.78 is 0. The maximum absolute atomic E-state index is 13.2. The molecule has 150 valence electrons. The van der Waals surface area contributed by atoms with E-state index in [1.807, 2.05) is 18.5 Å². The van der Waals surface area contributed by atoms with Crippen molar-refractivity contribution in [2.24, 2.45) is 0 Å². The second-order valence-corrected chi connectivity index (χ2v) is 8.68. The molecule has 2 aliphatic rings. The summed E-state index contributed by atoms with van der Waals surface area (Å²) in [7, 11) is 0. The van der Waals surface area contributed by atoms with Crippen LogP contribution in [0, 0.1) is 0 Å². The van der Waals surface area contributed by atoms with E-state index in [0.29, 0.717) is 17.5 Å². The zero-order valence-electron chi connectivity index (χ0n) is 17.0. The summed E-state index contributed by atoms with van der Waals surface area (Å²) in [5.74, 6) is 0.618. The molecule has 2 N–H and O–H groups in total. The fourth-order valence-electron chi connectivity index (χ4n) is 4.30. The van der Waals surface area contributed by atoms with Gasteiger partial charge in [0.05, 0.1) is 17.3 Å². The van der Waals surface area contributed by atoms with Crippen LogP contribution in [0.4, 0.5) is 0 Å². The molecule has 0 unspecified atom stereocenters. The normalized spacial score (nSPS) is 19.9. The number of carbonyl (C=O) groups excluding carboxylic acids is 1. The van der Waals surface area contributed by atoms with E-state index in [-0.39, 0.29) is 11.9 Å².